The molecule has 0 fully saturated rings. The second kappa shape index (κ2) is 10.7. The molecule has 24 heavy (non-hydrogen) atoms. The fraction of sp³-hybridized carbons (Fsp3) is 0.562. The maximum atomic E-state index is 4.66. The Hall–Kier alpha value is -1.16. The number of hydrogen-bond donors (Lipinski definition) is 3. The molecular formula is C16H27IN6S. The first-order valence-corrected chi connectivity index (χ1v) is 8.85. The molecule has 8 heteroatoms. The Balaban J connectivity index is 0.00000288. The van der Waals surface area contributed by atoms with E-state index in [1.54, 1.807) is 11.3 Å². The summed E-state index contributed by atoms with van der Waals surface area (Å²) in [6, 6.07) is 0. The van der Waals surface area contributed by atoms with Crippen LogP contribution in [0.2, 0.25) is 0 Å². The molecule has 134 valence electrons. The Kier molecular flexibility index (Phi) is 9.27. The Morgan fingerprint density at radius 1 is 1.29 bits per heavy atom. The van der Waals surface area contributed by atoms with Crippen molar-refractivity contribution in [2.45, 2.75) is 47.1 Å². The van der Waals surface area contributed by atoms with E-state index in [1.165, 1.54) is 10.4 Å². The number of nitrogens with one attached hydrogen (secondary N) is 3. The molecule has 2 aromatic rings. The molecule has 6 nitrogen and oxygen atoms in total. The van der Waals surface area contributed by atoms with Crippen molar-refractivity contribution in [1.29, 1.82) is 0 Å². The molecule has 0 spiro atoms. The molecule has 0 aliphatic carbocycles. The van der Waals surface area contributed by atoms with Crippen molar-refractivity contribution < 1.29 is 0 Å². The summed E-state index contributed by atoms with van der Waals surface area (Å²) >= 11 is 1.72. The zero-order valence-electron chi connectivity index (χ0n) is 14.8. The molecule has 0 saturated heterocycles. The van der Waals surface area contributed by atoms with Gasteiger partial charge in [-0.1, -0.05) is 0 Å². The van der Waals surface area contributed by atoms with Gasteiger partial charge in [-0.25, -0.2) is 9.98 Å². The minimum absolute atomic E-state index is 0. The normalized spacial score (nSPS) is 11.2. The van der Waals surface area contributed by atoms with Crippen LogP contribution in [0, 0.1) is 20.8 Å². The molecule has 0 unspecified atom stereocenters. The van der Waals surface area contributed by atoms with E-state index >= 15 is 0 Å². The predicted molar refractivity (Wildman–Crippen MR) is 111 cm³/mol. The van der Waals surface area contributed by atoms with Crippen molar-refractivity contribution >= 4 is 41.3 Å². The summed E-state index contributed by atoms with van der Waals surface area (Å²) in [6.45, 7) is 10.6. The van der Waals surface area contributed by atoms with Crippen LogP contribution in [0.5, 0.6) is 0 Å². The number of H-pyrrole nitrogens is 1. The third kappa shape index (κ3) is 6.39. The van der Waals surface area contributed by atoms with E-state index in [0.29, 0.717) is 6.54 Å². The lowest BCUT2D eigenvalue weighted by Gasteiger charge is -2.11. The fourth-order valence-corrected chi connectivity index (χ4v) is 3.19. The summed E-state index contributed by atoms with van der Waals surface area (Å²) in [4.78, 5) is 10.3. The molecular weight excluding hydrogens is 435 g/mol. The predicted octanol–water partition coefficient (Wildman–Crippen LogP) is 3.10. The number of hydrogen-bond acceptors (Lipinski definition) is 4. The minimum Gasteiger partial charge on any atom is -0.357 e. The highest BCUT2D eigenvalue weighted by Crippen LogP contribution is 2.17. The first kappa shape index (κ1) is 20.9. The molecule has 0 bridgehead atoms. The van der Waals surface area contributed by atoms with Crippen LogP contribution in [0.25, 0.3) is 0 Å². The Labute approximate surface area is 165 Å². The van der Waals surface area contributed by atoms with Crippen LogP contribution in [0.3, 0.4) is 0 Å². The van der Waals surface area contributed by atoms with E-state index < -0.39 is 0 Å². The molecule has 2 heterocycles. The van der Waals surface area contributed by atoms with Crippen molar-refractivity contribution in [2.75, 3.05) is 13.1 Å². The first-order valence-electron chi connectivity index (χ1n) is 8.04. The Morgan fingerprint density at radius 2 is 2.08 bits per heavy atom. The van der Waals surface area contributed by atoms with E-state index in [0.717, 1.165) is 48.3 Å². The van der Waals surface area contributed by atoms with Gasteiger partial charge in [0.25, 0.3) is 0 Å². The number of rotatable bonds is 7. The summed E-state index contributed by atoms with van der Waals surface area (Å²) in [6.07, 6.45) is 3.97. The number of aryl methyl sites for hydroxylation is 4. The second-order valence-corrected chi connectivity index (χ2v) is 6.77. The van der Waals surface area contributed by atoms with E-state index in [-0.39, 0.29) is 24.0 Å². The highest BCUT2D eigenvalue weighted by atomic mass is 127. The molecule has 0 saturated carbocycles. The highest BCUT2D eigenvalue weighted by molar-refractivity contribution is 14.0. The van der Waals surface area contributed by atoms with Gasteiger partial charge in [0.2, 0.25) is 0 Å². The zero-order chi connectivity index (χ0) is 16.7. The molecule has 0 aliphatic heterocycles. The lowest BCUT2D eigenvalue weighted by atomic mass is 10.1. The lowest BCUT2D eigenvalue weighted by Crippen LogP contribution is -2.37. The number of halogens is 1. The van der Waals surface area contributed by atoms with Crippen LogP contribution in [0.15, 0.2) is 11.2 Å². The summed E-state index contributed by atoms with van der Waals surface area (Å²) < 4.78 is 0. The van der Waals surface area contributed by atoms with Gasteiger partial charge in [-0.05, 0) is 46.1 Å². The summed E-state index contributed by atoms with van der Waals surface area (Å²) in [5.41, 5.74) is 3.52. The SMILES string of the molecule is CCNC(=NCc1sc(C)nc1C)NCCCc1cn[nH]c1C.I. The van der Waals surface area contributed by atoms with Crippen LogP contribution in [-0.2, 0) is 13.0 Å². The van der Waals surface area contributed by atoms with Gasteiger partial charge in [-0.3, -0.25) is 5.10 Å². The molecule has 0 aromatic carbocycles. The number of aromatic amines is 1. The molecule has 0 radical (unpaired) electrons. The summed E-state index contributed by atoms with van der Waals surface area (Å²) in [5, 5.41) is 14.8. The van der Waals surface area contributed by atoms with E-state index in [1.807, 2.05) is 20.0 Å². The fourth-order valence-electron chi connectivity index (χ4n) is 2.33. The maximum Gasteiger partial charge on any atom is 0.191 e. The van der Waals surface area contributed by atoms with E-state index in [9.17, 15) is 0 Å². The third-order valence-electron chi connectivity index (χ3n) is 3.57. The number of guanidine groups is 1. The van der Waals surface area contributed by atoms with Crippen molar-refractivity contribution in [3.8, 4) is 0 Å². The van der Waals surface area contributed by atoms with Crippen molar-refractivity contribution in [3.05, 3.63) is 33.0 Å². The van der Waals surface area contributed by atoms with Gasteiger partial charge >= 0.3 is 0 Å². The standard InChI is InChI=1S/C16H26N6S.HI/c1-5-17-16(19-10-15-12(3)21-13(4)23-15)18-8-6-7-14-9-20-22-11(14)2;/h9H,5-8,10H2,1-4H3,(H,20,22)(H2,17,18,19);1H. The summed E-state index contributed by atoms with van der Waals surface area (Å²) in [5.74, 6) is 0.863. The Morgan fingerprint density at radius 3 is 2.67 bits per heavy atom. The highest BCUT2D eigenvalue weighted by Gasteiger charge is 2.05. The van der Waals surface area contributed by atoms with Crippen molar-refractivity contribution in [3.63, 3.8) is 0 Å². The van der Waals surface area contributed by atoms with Gasteiger partial charge in [0, 0.05) is 23.7 Å². The second-order valence-electron chi connectivity index (χ2n) is 5.49. The number of thiazole rings is 1. The topological polar surface area (TPSA) is 78.0 Å². The maximum absolute atomic E-state index is 4.66. The average Bonchev–Trinajstić information content (AvgIpc) is 3.06. The Bertz CT molecular complexity index is 649. The number of aliphatic imine (C=N–C) groups is 1. The van der Waals surface area contributed by atoms with Crippen LogP contribution >= 0.6 is 35.3 Å². The van der Waals surface area contributed by atoms with Gasteiger partial charge in [0.1, 0.15) is 0 Å². The lowest BCUT2D eigenvalue weighted by molar-refractivity contribution is 0.742. The number of nitrogens with zero attached hydrogens (tertiary/aromatic N) is 3. The smallest absolute Gasteiger partial charge is 0.191 e. The van der Waals surface area contributed by atoms with Crippen molar-refractivity contribution in [2.24, 2.45) is 4.99 Å². The average molecular weight is 462 g/mol. The largest absolute Gasteiger partial charge is 0.357 e. The minimum atomic E-state index is 0. The van der Waals surface area contributed by atoms with Gasteiger partial charge in [-0.15, -0.1) is 35.3 Å². The van der Waals surface area contributed by atoms with Crippen LogP contribution in [0.1, 0.15) is 40.2 Å². The van der Waals surface area contributed by atoms with Gasteiger partial charge in [0.05, 0.1) is 23.4 Å². The molecule has 0 aliphatic rings. The third-order valence-corrected chi connectivity index (χ3v) is 4.63. The van der Waals surface area contributed by atoms with Gasteiger partial charge in [-0.2, -0.15) is 5.10 Å². The summed E-state index contributed by atoms with van der Waals surface area (Å²) in [7, 11) is 0. The van der Waals surface area contributed by atoms with E-state index in [4.69, 9.17) is 0 Å². The van der Waals surface area contributed by atoms with Crippen LogP contribution < -0.4 is 10.6 Å². The van der Waals surface area contributed by atoms with Crippen molar-refractivity contribution in [1.82, 2.24) is 25.8 Å². The number of aromatic nitrogens is 3. The van der Waals surface area contributed by atoms with Gasteiger partial charge < -0.3 is 10.6 Å². The first-order chi connectivity index (χ1) is 11.1. The van der Waals surface area contributed by atoms with E-state index in [2.05, 4.69) is 44.7 Å². The van der Waals surface area contributed by atoms with Crippen LogP contribution in [0.4, 0.5) is 0 Å². The van der Waals surface area contributed by atoms with Gasteiger partial charge in [0.15, 0.2) is 5.96 Å². The monoisotopic (exact) mass is 462 g/mol. The zero-order valence-corrected chi connectivity index (χ0v) is 17.9. The molecule has 2 aromatic heterocycles. The molecule has 3 N–H and O–H groups in total. The molecule has 0 atom stereocenters. The quantitative estimate of drug-likeness (QED) is 0.256. The van der Waals surface area contributed by atoms with Crippen LogP contribution in [-0.4, -0.2) is 34.2 Å². The molecule has 2 rings (SSSR count). The molecule has 0 amide bonds.